The van der Waals surface area contributed by atoms with E-state index in [1.165, 1.54) is 6.26 Å². The summed E-state index contributed by atoms with van der Waals surface area (Å²) in [4.78, 5) is 24.9. The van der Waals surface area contributed by atoms with Crippen LogP contribution in [0.4, 0.5) is 5.69 Å². The van der Waals surface area contributed by atoms with Crippen molar-refractivity contribution in [3.05, 3.63) is 81.4 Å². The van der Waals surface area contributed by atoms with E-state index in [0.717, 1.165) is 14.8 Å². The number of hydrogen-bond donors (Lipinski definition) is 1. The van der Waals surface area contributed by atoms with Crippen molar-refractivity contribution in [2.75, 3.05) is 30.0 Å². The third kappa shape index (κ3) is 6.48. The number of aromatic amines is 1. The summed E-state index contributed by atoms with van der Waals surface area (Å²) in [6.07, 6.45) is 5.62. The summed E-state index contributed by atoms with van der Waals surface area (Å²) < 4.78 is 25.1. The van der Waals surface area contributed by atoms with E-state index in [0.29, 0.717) is 30.8 Å². The van der Waals surface area contributed by atoms with Crippen molar-refractivity contribution < 1.29 is 13.2 Å². The summed E-state index contributed by atoms with van der Waals surface area (Å²) in [5, 5.41) is 9.12. The number of amides is 1. The Balaban J connectivity index is 1.67. The summed E-state index contributed by atoms with van der Waals surface area (Å²) >= 11 is 2.22. The maximum absolute atomic E-state index is 13.4. The standard InChI is InChI=1S/C25H26IN5O3S/c1-35(33,34)12-9-22-16-31(21-4-2-3-20(26)14-21)24(32)17-30(22)23(25-28-10-11-29-25)13-18-5-7-19(15-27)8-6-18/h2-8,10-11,14,22-23H,9,12-13,16-17H2,1H3,(H,28,29)/t22?,23-/m0/s1. The predicted octanol–water partition coefficient (Wildman–Crippen LogP) is 3.32. The summed E-state index contributed by atoms with van der Waals surface area (Å²) in [5.74, 6) is 0.706. The molecule has 10 heteroatoms. The fourth-order valence-corrected chi connectivity index (χ4v) is 5.65. The molecule has 2 atom stereocenters. The highest BCUT2D eigenvalue weighted by Gasteiger charge is 2.38. The molecular weight excluding hydrogens is 577 g/mol. The topological polar surface area (TPSA) is 110 Å². The Kier molecular flexibility index (Phi) is 7.88. The SMILES string of the molecule is CS(=O)(=O)CCC1CN(c2cccc(I)c2)C(=O)CN1[C@@H](Cc1ccc(C#N)cc1)c1ncc[nH]1. The van der Waals surface area contributed by atoms with E-state index in [1.807, 2.05) is 36.4 Å². The molecule has 1 amide bonds. The Bertz CT molecular complexity index is 1320. The van der Waals surface area contributed by atoms with Crippen LogP contribution in [-0.2, 0) is 21.1 Å². The Labute approximate surface area is 219 Å². The summed E-state index contributed by atoms with van der Waals surface area (Å²) in [6, 6.07) is 16.8. The number of benzene rings is 2. The minimum atomic E-state index is -3.18. The third-order valence-corrected chi connectivity index (χ3v) is 7.82. The van der Waals surface area contributed by atoms with E-state index in [1.54, 1.807) is 29.4 Å². The number of carbonyl (C=O) groups is 1. The van der Waals surface area contributed by atoms with Gasteiger partial charge in [-0.05, 0) is 71.3 Å². The van der Waals surface area contributed by atoms with Gasteiger partial charge in [-0.1, -0.05) is 18.2 Å². The van der Waals surface area contributed by atoms with Gasteiger partial charge in [-0.25, -0.2) is 13.4 Å². The largest absolute Gasteiger partial charge is 0.347 e. The highest BCUT2D eigenvalue weighted by Crippen LogP contribution is 2.31. The van der Waals surface area contributed by atoms with Crippen LogP contribution in [0.1, 0.15) is 29.4 Å². The molecule has 1 fully saturated rings. The molecular formula is C25H26IN5O3S. The van der Waals surface area contributed by atoms with Crippen molar-refractivity contribution in [2.24, 2.45) is 0 Å². The lowest BCUT2D eigenvalue weighted by Crippen LogP contribution is -2.58. The molecule has 0 spiro atoms. The van der Waals surface area contributed by atoms with Crippen LogP contribution in [0.15, 0.2) is 60.9 Å². The minimum Gasteiger partial charge on any atom is -0.347 e. The number of piperazine rings is 1. The lowest BCUT2D eigenvalue weighted by Gasteiger charge is -2.44. The van der Waals surface area contributed by atoms with Crippen LogP contribution in [0.25, 0.3) is 0 Å². The first-order valence-corrected chi connectivity index (χ1v) is 14.3. The molecule has 1 saturated heterocycles. The fraction of sp³-hybridized carbons (Fsp3) is 0.320. The molecule has 35 heavy (non-hydrogen) atoms. The summed E-state index contributed by atoms with van der Waals surface area (Å²) in [7, 11) is -3.18. The number of carbonyl (C=O) groups excluding carboxylic acids is 1. The highest BCUT2D eigenvalue weighted by molar-refractivity contribution is 14.1. The van der Waals surface area contributed by atoms with Gasteiger partial charge >= 0.3 is 0 Å². The first-order chi connectivity index (χ1) is 16.7. The van der Waals surface area contributed by atoms with E-state index in [9.17, 15) is 13.2 Å². The van der Waals surface area contributed by atoms with Crippen LogP contribution in [0.2, 0.25) is 0 Å². The second-order valence-corrected chi connectivity index (χ2v) is 12.2. The molecule has 8 nitrogen and oxygen atoms in total. The normalized spacial score (nSPS) is 17.8. The Hall–Kier alpha value is -2.75. The van der Waals surface area contributed by atoms with Crippen LogP contribution in [0.5, 0.6) is 0 Å². The molecule has 3 aromatic rings. The molecule has 1 aliphatic heterocycles. The van der Waals surface area contributed by atoms with Crippen molar-refractivity contribution in [2.45, 2.75) is 24.9 Å². The van der Waals surface area contributed by atoms with Crippen molar-refractivity contribution >= 4 is 44.0 Å². The van der Waals surface area contributed by atoms with Crippen LogP contribution >= 0.6 is 22.6 Å². The van der Waals surface area contributed by atoms with Gasteiger partial charge in [-0.3, -0.25) is 9.69 Å². The van der Waals surface area contributed by atoms with E-state index >= 15 is 0 Å². The predicted molar refractivity (Wildman–Crippen MR) is 143 cm³/mol. The van der Waals surface area contributed by atoms with E-state index in [-0.39, 0.29) is 30.3 Å². The smallest absolute Gasteiger partial charge is 0.241 e. The van der Waals surface area contributed by atoms with Crippen LogP contribution in [-0.4, -0.2) is 60.3 Å². The van der Waals surface area contributed by atoms with E-state index in [4.69, 9.17) is 5.26 Å². The minimum absolute atomic E-state index is 0.0320. The zero-order valence-electron chi connectivity index (χ0n) is 19.3. The summed E-state index contributed by atoms with van der Waals surface area (Å²) in [6.45, 7) is 0.528. The molecule has 1 N–H and O–H groups in total. The molecule has 1 unspecified atom stereocenters. The molecule has 1 aliphatic rings. The number of H-pyrrole nitrogens is 1. The molecule has 1 aromatic heterocycles. The fourth-order valence-electron chi connectivity index (χ4n) is 4.42. The molecule has 0 saturated carbocycles. The van der Waals surface area contributed by atoms with Crippen molar-refractivity contribution in [1.82, 2.24) is 14.9 Å². The van der Waals surface area contributed by atoms with E-state index in [2.05, 4.69) is 43.5 Å². The summed E-state index contributed by atoms with van der Waals surface area (Å²) in [5.41, 5.74) is 2.39. The van der Waals surface area contributed by atoms with Crippen molar-refractivity contribution in [1.29, 1.82) is 5.26 Å². The third-order valence-electron chi connectivity index (χ3n) is 6.17. The van der Waals surface area contributed by atoms with Crippen molar-refractivity contribution in [3.63, 3.8) is 0 Å². The molecule has 2 heterocycles. The quantitative estimate of drug-likeness (QED) is 0.396. The first kappa shape index (κ1) is 25.3. The Morgan fingerprint density at radius 1 is 1.26 bits per heavy atom. The highest BCUT2D eigenvalue weighted by atomic mass is 127. The second kappa shape index (κ2) is 10.9. The lowest BCUT2D eigenvalue weighted by atomic mass is 9.98. The molecule has 0 bridgehead atoms. The number of hydrogen-bond acceptors (Lipinski definition) is 6. The number of nitrogens with one attached hydrogen (secondary N) is 1. The second-order valence-electron chi connectivity index (χ2n) is 8.73. The molecule has 4 rings (SSSR count). The number of sulfone groups is 1. The van der Waals surface area contributed by atoms with Gasteiger partial charge in [-0.15, -0.1) is 0 Å². The maximum Gasteiger partial charge on any atom is 0.241 e. The van der Waals surface area contributed by atoms with Gasteiger partial charge in [0.2, 0.25) is 5.91 Å². The zero-order chi connectivity index (χ0) is 25.0. The number of aromatic nitrogens is 2. The van der Waals surface area contributed by atoms with Crippen molar-refractivity contribution in [3.8, 4) is 6.07 Å². The molecule has 2 aromatic carbocycles. The number of anilines is 1. The Morgan fingerprint density at radius 3 is 2.66 bits per heavy atom. The van der Waals surface area contributed by atoms with Gasteiger partial charge in [0.05, 0.1) is 30.0 Å². The van der Waals surface area contributed by atoms with Gasteiger partial charge in [0, 0.05) is 40.5 Å². The number of halogens is 1. The number of imidazole rings is 1. The van der Waals surface area contributed by atoms with Crippen LogP contribution in [0, 0.1) is 14.9 Å². The van der Waals surface area contributed by atoms with Gasteiger partial charge in [0.15, 0.2) is 0 Å². The molecule has 0 radical (unpaired) electrons. The maximum atomic E-state index is 13.4. The molecule has 182 valence electrons. The van der Waals surface area contributed by atoms with E-state index < -0.39 is 9.84 Å². The number of rotatable bonds is 8. The van der Waals surface area contributed by atoms with Crippen LogP contribution in [0.3, 0.4) is 0 Å². The molecule has 0 aliphatic carbocycles. The average molecular weight is 603 g/mol. The van der Waals surface area contributed by atoms with Gasteiger partial charge in [0.25, 0.3) is 0 Å². The monoisotopic (exact) mass is 603 g/mol. The number of nitriles is 1. The Morgan fingerprint density at radius 2 is 2.03 bits per heavy atom. The van der Waals surface area contributed by atoms with Gasteiger partial charge in [0.1, 0.15) is 15.7 Å². The average Bonchev–Trinajstić information content (AvgIpc) is 3.36. The lowest BCUT2D eigenvalue weighted by molar-refractivity contribution is -0.123. The van der Waals surface area contributed by atoms with Gasteiger partial charge in [-0.2, -0.15) is 5.26 Å². The number of nitrogens with zero attached hydrogens (tertiary/aromatic N) is 4. The zero-order valence-corrected chi connectivity index (χ0v) is 22.2. The van der Waals surface area contributed by atoms with Crippen LogP contribution < -0.4 is 4.90 Å². The first-order valence-electron chi connectivity index (χ1n) is 11.2. The van der Waals surface area contributed by atoms with Gasteiger partial charge < -0.3 is 9.88 Å².